The quantitative estimate of drug-likeness (QED) is 0.821. The van der Waals surface area contributed by atoms with Gasteiger partial charge in [-0.15, -0.1) is 0 Å². The van der Waals surface area contributed by atoms with Crippen LogP contribution in [0.25, 0.3) is 0 Å². The summed E-state index contributed by atoms with van der Waals surface area (Å²) in [6, 6.07) is 8.28. The number of benzene rings is 1. The summed E-state index contributed by atoms with van der Waals surface area (Å²) in [5.74, 6) is -0.827. The Morgan fingerprint density at radius 3 is 2.62 bits per heavy atom. The molecule has 2 rings (SSSR count). The van der Waals surface area contributed by atoms with Crippen molar-refractivity contribution in [2.45, 2.75) is 39.2 Å². The van der Waals surface area contributed by atoms with Crippen molar-refractivity contribution in [3.05, 3.63) is 30.3 Å². The minimum absolute atomic E-state index is 0.161. The molecule has 1 heterocycles. The highest BCUT2D eigenvalue weighted by Crippen LogP contribution is 2.19. The van der Waals surface area contributed by atoms with Gasteiger partial charge in [0.15, 0.2) is 0 Å². The molecule has 128 valence electrons. The Kier molecular flexibility index (Phi) is 6.06. The van der Waals surface area contributed by atoms with Gasteiger partial charge in [0.25, 0.3) is 5.91 Å². The highest BCUT2D eigenvalue weighted by atomic mass is 16.2. The number of rotatable bonds is 6. The summed E-state index contributed by atoms with van der Waals surface area (Å²) in [5, 5.41) is 10.7. The summed E-state index contributed by atoms with van der Waals surface area (Å²) in [6.45, 7) is 4.14. The molecule has 0 spiro atoms. The highest BCUT2D eigenvalue weighted by molar-refractivity contribution is 6.40. The molecule has 1 aromatic rings. The molecule has 3 amide bonds. The second-order valence-electron chi connectivity index (χ2n) is 5.57. The first-order chi connectivity index (χ1) is 11.5. The SMILES string of the molecule is CCCNC(=O)[C@H](C)NC(=O)C1=NN(c2ccccc2)C(=O)CC1. The van der Waals surface area contributed by atoms with E-state index in [4.69, 9.17) is 0 Å². The van der Waals surface area contributed by atoms with Crippen LogP contribution in [0.1, 0.15) is 33.1 Å². The fourth-order valence-electron chi connectivity index (χ4n) is 2.23. The van der Waals surface area contributed by atoms with Crippen LogP contribution in [0.4, 0.5) is 5.69 Å². The Hall–Kier alpha value is -2.70. The first-order valence-corrected chi connectivity index (χ1v) is 8.07. The number of hydrogen-bond acceptors (Lipinski definition) is 4. The highest BCUT2D eigenvalue weighted by Gasteiger charge is 2.27. The van der Waals surface area contributed by atoms with Crippen LogP contribution in [0.2, 0.25) is 0 Å². The Balaban J connectivity index is 2.06. The Morgan fingerprint density at radius 1 is 1.25 bits per heavy atom. The average molecular weight is 330 g/mol. The van der Waals surface area contributed by atoms with Gasteiger partial charge in [-0.2, -0.15) is 5.10 Å². The molecule has 0 aliphatic carbocycles. The molecular formula is C17H22N4O3. The van der Waals surface area contributed by atoms with Crippen LogP contribution >= 0.6 is 0 Å². The molecule has 0 fully saturated rings. The average Bonchev–Trinajstić information content (AvgIpc) is 2.60. The second kappa shape index (κ2) is 8.24. The fourth-order valence-corrected chi connectivity index (χ4v) is 2.23. The van der Waals surface area contributed by atoms with Gasteiger partial charge >= 0.3 is 0 Å². The lowest BCUT2D eigenvalue weighted by molar-refractivity contribution is -0.126. The van der Waals surface area contributed by atoms with E-state index in [1.165, 1.54) is 5.01 Å². The lowest BCUT2D eigenvalue weighted by atomic mass is 10.1. The van der Waals surface area contributed by atoms with Gasteiger partial charge in [0.2, 0.25) is 11.8 Å². The second-order valence-corrected chi connectivity index (χ2v) is 5.57. The molecule has 2 N–H and O–H groups in total. The number of carbonyl (C=O) groups excluding carboxylic acids is 3. The lowest BCUT2D eigenvalue weighted by Crippen LogP contribution is -2.48. The third kappa shape index (κ3) is 4.41. The predicted molar refractivity (Wildman–Crippen MR) is 91.5 cm³/mol. The maximum atomic E-state index is 12.3. The minimum Gasteiger partial charge on any atom is -0.354 e. The van der Waals surface area contributed by atoms with Gasteiger partial charge in [-0.05, 0) is 25.5 Å². The topological polar surface area (TPSA) is 90.9 Å². The van der Waals surface area contributed by atoms with Crippen LogP contribution in [0, 0.1) is 0 Å². The number of nitrogens with one attached hydrogen (secondary N) is 2. The third-order valence-electron chi connectivity index (χ3n) is 3.59. The molecular weight excluding hydrogens is 308 g/mol. The van der Waals surface area contributed by atoms with Gasteiger partial charge in [0, 0.05) is 19.4 Å². The maximum absolute atomic E-state index is 12.3. The largest absolute Gasteiger partial charge is 0.354 e. The minimum atomic E-state index is -0.658. The van der Waals surface area contributed by atoms with Crippen LogP contribution in [0.5, 0.6) is 0 Å². The molecule has 0 saturated carbocycles. The van der Waals surface area contributed by atoms with Crippen LogP contribution < -0.4 is 15.6 Å². The van der Waals surface area contributed by atoms with Crippen molar-refractivity contribution in [1.82, 2.24) is 10.6 Å². The van der Waals surface area contributed by atoms with Gasteiger partial charge in [0.05, 0.1) is 5.69 Å². The molecule has 7 nitrogen and oxygen atoms in total. The maximum Gasteiger partial charge on any atom is 0.268 e. The zero-order chi connectivity index (χ0) is 17.5. The third-order valence-corrected chi connectivity index (χ3v) is 3.59. The molecule has 1 aromatic carbocycles. The van der Waals surface area contributed by atoms with Crippen molar-refractivity contribution in [2.75, 3.05) is 11.6 Å². The van der Waals surface area contributed by atoms with E-state index in [0.29, 0.717) is 12.2 Å². The Morgan fingerprint density at radius 2 is 1.96 bits per heavy atom. The van der Waals surface area contributed by atoms with Crippen molar-refractivity contribution in [2.24, 2.45) is 5.10 Å². The first-order valence-electron chi connectivity index (χ1n) is 8.07. The van der Waals surface area contributed by atoms with Crippen molar-refractivity contribution in [3.8, 4) is 0 Å². The van der Waals surface area contributed by atoms with Gasteiger partial charge in [-0.1, -0.05) is 25.1 Å². The van der Waals surface area contributed by atoms with E-state index in [2.05, 4.69) is 15.7 Å². The van der Waals surface area contributed by atoms with Gasteiger partial charge in [-0.3, -0.25) is 14.4 Å². The molecule has 0 unspecified atom stereocenters. The molecule has 0 aromatic heterocycles. The molecule has 1 aliphatic rings. The zero-order valence-corrected chi connectivity index (χ0v) is 13.9. The van der Waals surface area contributed by atoms with E-state index in [9.17, 15) is 14.4 Å². The molecule has 0 bridgehead atoms. The van der Waals surface area contributed by atoms with E-state index in [1.54, 1.807) is 31.2 Å². The van der Waals surface area contributed by atoms with E-state index in [1.807, 2.05) is 13.0 Å². The standard InChI is InChI=1S/C17H22N4O3/c1-3-11-18-16(23)12(2)19-17(24)14-9-10-15(22)21(20-14)13-7-5-4-6-8-13/h4-8,12H,3,9-11H2,1-2H3,(H,18,23)(H,19,24)/t12-/m0/s1. The van der Waals surface area contributed by atoms with Crippen LogP contribution in [0.3, 0.4) is 0 Å². The van der Waals surface area contributed by atoms with Crippen LogP contribution in [0.15, 0.2) is 35.4 Å². The van der Waals surface area contributed by atoms with Crippen molar-refractivity contribution in [1.29, 1.82) is 0 Å². The van der Waals surface area contributed by atoms with Gasteiger partial charge in [-0.25, -0.2) is 5.01 Å². The number of amides is 3. The number of hydrazone groups is 1. The van der Waals surface area contributed by atoms with Crippen LogP contribution in [-0.2, 0) is 14.4 Å². The first kappa shape index (κ1) is 17.7. The van der Waals surface area contributed by atoms with Gasteiger partial charge < -0.3 is 10.6 Å². The molecule has 1 atom stereocenters. The van der Waals surface area contributed by atoms with Crippen molar-refractivity contribution in [3.63, 3.8) is 0 Å². The summed E-state index contributed by atoms with van der Waals surface area (Å²) in [6.07, 6.45) is 1.29. The summed E-state index contributed by atoms with van der Waals surface area (Å²) in [7, 11) is 0. The Bertz CT molecular complexity index is 642. The number of anilines is 1. The van der Waals surface area contributed by atoms with E-state index >= 15 is 0 Å². The molecule has 0 radical (unpaired) electrons. The van der Waals surface area contributed by atoms with Crippen molar-refractivity contribution >= 4 is 29.1 Å². The van der Waals surface area contributed by atoms with Crippen LogP contribution in [-0.4, -0.2) is 36.0 Å². The number of para-hydroxylation sites is 1. The lowest BCUT2D eigenvalue weighted by Gasteiger charge is -2.23. The smallest absolute Gasteiger partial charge is 0.268 e. The molecule has 7 heteroatoms. The number of carbonyl (C=O) groups is 3. The van der Waals surface area contributed by atoms with Crippen molar-refractivity contribution < 1.29 is 14.4 Å². The Labute approximate surface area is 141 Å². The summed E-state index contributed by atoms with van der Waals surface area (Å²) in [5.41, 5.74) is 0.856. The summed E-state index contributed by atoms with van der Waals surface area (Å²) in [4.78, 5) is 36.2. The van der Waals surface area contributed by atoms with Gasteiger partial charge in [0.1, 0.15) is 11.8 Å². The normalized spacial score (nSPS) is 15.5. The number of nitrogens with zero attached hydrogens (tertiary/aromatic N) is 2. The fraction of sp³-hybridized carbons (Fsp3) is 0.412. The molecule has 24 heavy (non-hydrogen) atoms. The zero-order valence-electron chi connectivity index (χ0n) is 13.9. The number of hydrogen-bond donors (Lipinski definition) is 2. The predicted octanol–water partition coefficient (Wildman–Crippen LogP) is 1.20. The van der Waals surface area contributed by atoms with E-state index < -0.39 is 11.9 Å². The summed E-state index contributed by atoms with van der Waals surface area (Å²) >= 11 is 0. The molecule has 1 aliphatic heterocycles. The monoisotopic (exact) mass is 330 g/mol. The van der Waals surface area contributed by atoms with E-state index in [-0.39, 0.29) is 30.4 Å². The summed E-state index contributed by atoms with van der Waals surface area (Å²) < 4.78 is 0. The van der Waals surface area contributed by atoms with E-state index in [0.717, 1.165) is 6.42 Å². The molecule has 0 saturated heterocycles.